The van der Waals surface area contributed by atoms with Gasteiger partial charge in [-0.15, -0.1) is 12.4 Å². The summed E-state index contributed by atoms with van der Waals surface area (Å²) in [7, 11) is 0. The Morgan fingerprint density at radius 3 is 2.26 bits per heavy atom. The number of aromatic nitrogens is 1. The predicted molar refractivity (Wildman–Crippen MR) is 84.3 cm³/mol. The first-order valence-electron chi connectivity index (χ1n) is 6.42. The molecule has 3 N–H and O–H groups in total. The molecule has 9 heteroatoms. The van der Waals surface area contributed by atoms with Crippen molar-refractivity contribution in [2.75, 3.05) is 6.61 Å². The summed E-state index contributed by atoms with van der Waals surface area (Å²) >= 11 is 0. The van der Waals surface area contributed by atoms with E-state index >= 15 is 0 Å². The van der Waals surface area contributed by atoms with Crippen LogP contribution < -0.4 is 5.56 Å². The van der Waals surface area contributed by atoms with Gasteiger partial charge in [0.1, 0.15) is 0 Å². The van der Waals surface area contributed by atoms with Crippen molar-refractivity contribution < 1.29 is 20.2 Å². The van der Waals surface area contributed by atoms with Gasteiger partial charge in [0.25, 0.3) is 11.2 Å². The molecule has 0 unspecified atom stereocenters. The average molecular weight is 343 g/mol. The summed E-state index contributed by atoms with van der Waals surface area (Å²) in [5, 5.41) is 39.0. The molecule has 0 saturated heterocycles. The Hall–Kier alpha value is -2.58. The molecule has 1 aromatic carbocycles. The van der Waals surface area contributed by atoms with Crippen molar-refractivity contribution in [3.05, 3.63) is 62.1 Å². The highest BCUT2D eigenvalue weighted by atomic mass is 35.5. The first-order chi connectivity index (χ1) is 10.4. The molecule has 0 spiro atoms. The van der Waals surface area contributed by atoms with Crippen LogP contribution in [0.1, 0.15) is 11.1 Å². The largest absolute Gasteiger partial charge is 0.504 e. The van der Waals surface area contributed by atoms with Gasteiger partial charge in [0.05, 0.1) is 11.5 Å². The first-order valence-corrected chi connectivity index (χ1v) is 6.42. The maximum atomic E-state index is 11.7. The van der Waals surface area contributed by atoms with Crippen molar-refractivity contribution in [1.29, 1.82) is 0 Å². The summed E-state index contributed by atoms with van der Waals surface area (Å²) in [6, 6.07) is 5.71. The van der Waals surface area contributed by atoms with Crippen LogP contribution in [0.25, 0.3) is 0 Å². The minimum Gasteiger partial charge on any atom is -0.504 e. The fourth-order valence-electron chi connectivity index (χ4n) is 2.06. The number of hydrogen-bond acceptors (Lipinski definition) is 6. The number of benzene rings is 1. The van der Waals surface area contributed by atoms with E-state index in [0.29, 0.717) is 5.56 Å². The minimum atomic E-state index is -0.793. The molecule has 0 aliphatic carbocycles. The molecule has 2 rings (SSSR count). The highest BCUT2D eigenvalue weighted by Crippen LogP contribution is 2.27. The van der Waals surface area contributed by atoms with Gasteiger partial charge >= 0.3 is 0 Å². The summed E-state index contributed by atoms with van der Waals surface area (Å²) in [6.45, 7) is -0.305. The van der Waals surface area contributed by atoms with Gasteiger partial charge in [-0.25, -0.2) is 0 Å². The Balaban J connectivity index is 0.00000264. The van der Waals surface area contributed by atoms with E-state index in [-0.39, 0.29) is 43.2 Å². The van der Waals surface area contributed by atoms with Crippen molar-refractivity contribution in [1.82, 2.24) is 4.57 Å². The third-order valence-corrected chi connectivity index (χ3v) is 3.19. The van der Waals surface area contributed by atoms with E-state index in [9.17, 15) is 25.1 Å². The normalized spacial score (nSPS) is 10.1. The second-order valence-corrected chi connectivity index (χ2v) is 4.67. The molecule has 1 aromatic heterocycles. The number of nitro benzene ring substituents is 1. The van der Waals surface area contributed by atoms with Crippen LogP contribution in [-0.2, 0) is 13.0 Å². The lowest BCUT2D eigenvalue weighted by atomic mass is 10.1. The molecule has 1 heterocycles. The van der Waals surface area contributed by atoms with Gasteiger partial charge in [-0.1, -0.05) is 12.1 Å². The summed E-state index contributed by atoms with van der Waals surface area (Å²) in [5.74, 6) is -1.31. The van der Waals surface area contributed by atoms with Crippen molar-refractivity contribution >= 4 is 18.1 Å². The van der Waals surface area contributed by atoms with Gasteiger partial charge in [0.15, 0.2) is 5.75 Å². The highest BCUT2D eigenvalue weighted by molar-refractivity contribution is 5.85. The van der Waals surface area contributed by atoms with Gasteiger partial charge in [0.2, 0.25) is 5.75 Å². The summed E-state index contributed by atoms with van der Waals surface area (Å²) < 4.78 is 1.09. The summed E-state index contributed by atoms with van der Waals surface area (Å²) in [5.41, 5.74) is 0.0916. The monoisotopic (exact) mass is 342 g/mol. The van der Waals surface area contributed by atoms with Crippen LogP contribution in [0.15, 0.2) is 35.3 Å². The minimum absolute atomic E-state index is 0. The maximum absolute atomic E-state index is 11.7. The molecule has 8 nitrogen and oxygen atoms in total. The van der Waals surface area contributed by atoms with Gasteiger partial charge in [-0.3, -0.25) is 14.9 Å². The molecule has 0 saturated carbocycles. The SMILES string of the molecule is Cl.O=c1c(O)c(O)c(Cc2ccc([N+](=O)[O-])cc2)cn1CCO. The Morgan fingerprint density at radius 2 is 1.74 bits per heavy atom. The quantitative estimate of drug-likeness (QED) is 0.553. The highest BCUT2D eigenvalue weighted by Gasteiger charge is 2.15. The molecule has 124 valence electrons. The van der Waals surface area contributed by atoms with Crippen LogP contribution >= 0.6 is 12.4 Å². The van der Waals surface area contributed by atoms with E-state index < -0.39 is 22.0 Å². The van der Waals surface area contributed by atoms with Crippen molar-refractivity contribution in [3.63, 3.8) is 0 Å². The second-order valence-electron chi connectivity index (χ2n) is 4.67. The third kappa shape index (κ3) is 3.99. The number of rotatable bonds is 5. The number of pyridine rings is 1. The summed E-state index contributed by atoms with van der Waals surface area (Å²) in [4.78, 5) is 21.7. The standard InChI is InChI=1S/C14H14N2O6.ClH/c17-6-5-15-8-10(12(18)13(19)14(15)20)7-9-1-3-11(4-2-9)16(21)22;/h1-4,8,17-19H,5-7H2;1H. The molecular formula is C14H15ClN2O6. The second kappa shape index (κ2) is 7.61. The van der Waals surface area contributed by atoms with Crippen molar-refractivity contribution in [3.8, 4) is 11.5 Å². The number of hydrogen-bond donors (Lipinski definition) is 3. The molecule has 0 aliphatic heterocycles. The van der Waals surface area contributed by atoms with E-state index in [2.05, 4.69) is 0 Å². The lowest BCUT2D eigenvalue weighted by Gasteiger charge is -2.11. The molecule has 0 aliphatic rings. The lowest BCUT2D eigenvalue weighted by Crippen LogP contribution is -2.21. The number of aliphatic hydroxyl groups excluding tert-OH is 1. The molecule has 2 aromatic rings. The Morgan fingerprint density at radius 1 is 1.13 bits per heavy atom. The zero-order chi connectivity index (χ0) is 16.3. The fourth-order valence-corrected chi connectivity index (χ4v) is 2.06. The number of non-ortho nitro benzene ring substituents is 1. The zero-order valence-corrected chi connectivity index (χ0v) is 12.7. The van der Waals surface area contributed by atoms with Crippen LogP contribution in [0.2, 0.25) is 0 Å². The average Bonchev–Trinajstić information content (AvgIpc) is 2.50. The van der Waals surface area contributed by atoms with Gasteiger partial charge in [0, 0.05) is 36.9 Å². The van der Waals surface area contributed by atoms with E-state index in [1.54, 1.807) is 0 Å². The Bertz CT molecular complexity index is 757. The van der Waals surface area contributed by atoms with Gasteiger partial charge in [-0.05, 0) is 5.56 Å². The molecule has 0 fully saturated rings. The predicted octanol–water partition coefficient (Wildman–Crippen LogP) is 1.17. The van der Waals surface area contributed by atoms with E-state index in [1.165, 1.54) is 30.5 Å². The first kappa shape index (κ1) is 18.5. The maximum Gasteiger partial charge on any atom is 0.296 e. The van der Waals surface area contributed by atoms with E-state index in [4.69, 9.17) is 5.11 Å². The van der Waals surface area contributed by atoms with Crippen LogP contribution in [0, 0.1) is 10.1 Å². The number of nitro groups is 1. The molecule has 0 bridgehead atoms. The topological polar surface area (TPSA) is 126 Å². The van der Waals surface area contributed by atoms with Gasteiger partial charge < -0.3 is 19.9 Å². The molecule has 23 heavy (non-hydrogen) atoms. The zero-order valence-electron chi connectivity index (χ0n) is 11.9. The Labute approximate surface area is 136 Å². The van der Waals surface area contributed by atoms with Crippen molar-refractivity contribution in [2.24, 2.45) is 0 Å². The Kier molecular flexibility index (Phi) is 6.11. The molecule has 0 radical (unpaired) electrons. The fraction of sp³-hybridized carbons (Fsp3) is 0.214. The molecular weight excluding hydrogens is 328 g/mol. The number of aliphatic hydroxyl groups is 1. The number of nitrogens with zero attached hydrogens (tertiary/aromatic N) is 2. The van der Waals surface area contributed by atoms with Crippen LogP contribution in [0.4, 0.5) is 5.69 Å². The molecule has 0 atom stereocenters. The number of aromatic hydroxyl groups is 2. The van der Waals surface area contributed by atoms with Crippen LogP contribution in [0.3, 0.4) is 0 Å². The molecule has 0 amide bonds. The van der Waals surface area contributed by atoms with Crippen LogP contribution in [-0.4, -0.2) is 31.4 Å². The van der Waals surface area contributed by atoms with Crippen molar-refractivity contribution in [2.45, 2.75) is 13.0 Å². The third-order valence-electron chi connectivity index (χ3n) is 3.19. The van der Waals surface area contributed by atoms with E-state index in [0.717, 1.165) is 4.57 Å². The van der Waals surface area contributed by atoms with Gasteiger partial charge in [-0.2, -0.15) is 0 Å². The van der Waals surface area contributed by atoms with Crippen LogP contribution in [0.5, 0.6) is 11.5 Å². The summed E-state index contributed by atoms with van der Waals surface area (Å²) in [6.07, 6.45) is 1.51. The smallest absolute Gasteiger partial charge is 0.296 e. The lowest BCUT2D eigenvalue weighted by molar-refractivity contribution is -0.384. The van der Waals surface area contributed by atoms with E-state index in [1.807, 2.05) is 0 Å². The number of halogens is 1.